The number of rotatable bonds is 1. The maximum atomic E-state index is 11.7. The summed E-state index contributed by atoms with van der Waals surface area (Å²) in [5.74, 6) is -2.41. The first-order chi connectivity index (χ1) is 6.80. The van der Waals surface area contributed by atoms with Gasteiger partial charge in [-0.1, -0.05) is 5.16 Å². The lowest BCUT2D eigenvalue weighted by Gasteiger charge is -2.00. The number of nitrogens with zero attached hydrogens (tertiary/aromatic N) is 2. The Balaban J connectivity index is 2.66. The molecule has 1 rings (SSSR count). The third-order valence-corrected chi connectivity index (χ3v) is 1.65. The summed E-state index contributed by atoms with van der Waals surface area (Å²) < 4.78 is 35.0. The van der Waals surface area contributed by atoms with E-state index >= 15 is 0 Å². The normalized spacial score (nSPS) is 18.9. The second-order valence-electron chi connectivity index (χ2n) is 2.85. The number of amidine groups is 1. The van der Waals surface area contributed by atoms with Gasteiger partial charge in [-0.05, 0) is 25.5 Å². The Morgan fingerprint density at radius 2 is 2.07 bits per heavy atom. The summed E-state index contributed by atoms with van der Waals surface area (Å²) in [4.78, 5) is 17.7. The van der Waals surface area contributed by atoms with E-state index in [2.05, 4.69) is 15.0 Å². The molecule has 0 aromatic heterocycles. The molecule has 4 nitrogen and oxygen atoms in total. The first-order valence-corrected chi connectivity index (χ1v) is 3.91. The lowest BCUT2D eigenvalue weighted by molar-refractivity contribution is -0.199. The Morgan fingerprint density at radius 3 is 2.47 bits per heavy atom. The summed E-state index contributed by atoms with van der Waals surface area (Å²) in [5.41, 5.74) is 1.38. The third kappa shape index (κ3) is 2.90. The van der Waals surface area contributed by atoms with Crippen molar-refractivity contribution < 1.29 is 22.8 Å². The molecule has 15 heavy (non-hydrogen) atoms. The largest absolute Gasteiger partial charge is 0.493 e. The van der Waals surface area contributed by atoms with Gasteiger partial charge in [0.2, 0.25) is 0 Å². The topological polar surface area (TPSA) is 51.0 Å². The number of alkyl halides is 3. The average Bonchev–Trinajstić information content (AvgIpc) is 2.41. The van der Waals surface area contributed by atoms with E-state index < -0.39 is 12.1 Å². The second-order valence-corrected chi connectivity index (χ2v) is 2.85. The highest BCUT2D eigenvalue weighted by Gasteiger charge is 2.41. The van der Waals surface area contributed by atoms with Gasteiger partial charge in [0.15, 0.2) is 5.84 Å². The number of hydrogen-bond acceptors (Lipinski definition) is 3. The maximum absolute atomic E-state index is 11.7. The first kappa shape index (κ1) is 11.4. The Labute approximate surface area is 83.1 Å². The Bertz CT molecular complexity index is 360. The van der Waals surface area contributed by atoms with Crippen molar-refractivity contribution >= 4 is 17.5 Å². The lowest BCUT2D eigenvalue weighted by atomic mass is 10.2. The van der Waals surface area contributed by atoms with Gasteiger partial charge < -0.3 is 4.84 Å². The molecule has 0 unspecified atom stereocenters. The van der Waals surface area contributed by atoms with Crippen LogP contribution in [0.4, 0.5) is 13.2 Å². The molecule has 0 spiro atoms. The van der Waals surface area contributed by atoms with Crippen molar-refractivity contribution in [1.29, 1.82) is 0 Å². The van der Waals surface area contributed by atoms with E-state index in [0.717, 1.165) is 5.57 Å². The van der Waals surface area contributed by atoms with Gasteiger partial charge in [-0.3, -0.25) is 0 Å². The highest BCUT2D eigenvalue weighted by molar-refractivity contribution is 6.17. The van der Waals surface area contributed by atoms with E-state index in [4.69, 9.17) is 0 Å². The summed E-state index contributed by atoms with van der Waals surface area (Å²) in [6, 6.07) is 0. The van der Waals surface area contributed by atoms with Gasteiger partial charge in [0.1, 0.15) is 0 Å². The van der Waals surface area contributed by atoms with E-state index in [1.807, 2.05) is 0 Å². The van der Waals surface area contributed by atoms with Gasteiger partial charge in [-0.25, -0.2) is 9.79 Å². The molecule has 0 radical (unpaired) electrons. The van der Waals surface area contributed by atoms with Gasteiger partial charge in [0.05, 0.1) is 0 Å². The minimum Gasteiger partial charge on any atom is -0.307 e. The molecule has 0 aliphatic carbocycles. The fourth-order valence-electron chi connectivity index (χ4n) is 0.777. The number of hydrogen-bond donors (Lipinski definition) is 0. The van der Waals surface area contributed by atoms with Gasteiger partial charge in [0, 0.05) is 5.71 Å². The third-order valence-electron chi connectivity index (χ3n) is 1.65. The fourth-order valence-corrected chi connectivity index (χ4v) is 0.777. The molecule has 1 aliphatic heterocycles. The quantitative estimate of drug-likeness (QED) is 0.500. The molecule has 0 saturated heterocycles. The molecule has 0 saturated carbocycles. The van der Waals surface area contributed by atoms with Crippen LogP contribution in [-0.4, -0.2) is 23.7 Å². The molecule has 0 fully saturated rings. The summed E-state index contributed by atoms with van der Waals surface area (Å²) >= 11 is 0. The van der Waals surface area contributed by atoms with E-state index in [0.29, 0.717) is 5.71 Å². The second kappa shape index (κ2) is 3.84. The number of oxime groups is 1. The SMILES string of the molecule is CC1=C/C(=N\OC(=O)C(F)(F)F)N=C1C. The summed E-state index contributed by atoms with van der Waals surface area (Å²) in [5, 5.41) is 2.97. The van der Waals surface area contributed by atoms with Crippen LogP contribution in [0.3, 0.4) is 0 Å². The van der Waals surface area contributed by atoms with E-state index in [9.17, 15) is 18.0 Å². The number of carbonyl (C=O) groups is 1. The highest BCUT2D eigenvalue weighted by atomic mass is 19.4. The molecular weight excluding hydrogens is 213 g/mol. The van der Waals surface area contributed by atoms with Crippen LogP contribution in [0.2, 0.25) is 0 Å². The van der Waals surface area contributed by atoms with Crippen molar-refractivity contribution in [1.82, 2.24) is 0 Å². The Kier molecular flexibility index (Phi) is 2.92. The Hall–Kier alpha value is -1.66. The monoisotopic (exact) mass is 220 g/mol. The standard InChI is InChI=1S/C8H7F3N2O2/c1-4-3-6(12-5(4)2)13-15-7(14)8(9,10)11/h3H,1-2H3/b13-6+. The Morgan fingerprint density at radius 1 is 1.47 bits per heavy atom. The zero-order chi connectivity index (χ0) is 11.6. The highest BCUT2D eigenvalue weighted by Crippen LogP contribution is 2.17. The predicted octanol–water partition coefficient (Wildman–Crippen LogP) is 1.83. The molecule has 0 atom stereocenters. The van der Waals surface area contributed by atoms with Crippen molar-refractivity contribution in [2.45, 2.75) is 20.0 Å². The average molecular weight is 220 g/mol. The van der Waals surface area contributed by atoms with Crippen LogP contribution in [0.25, 0.3) is 0 Å². The fraction of sp³-hybridized carbons (Fsp3) is 0.375. The predicted molar refractivity (Wildman–Crippen MR) is 46.4 cm³/mol. The van der Waals surface area contributed by atoms with Gasteiger partial charge in [-0.15, -0.1) is 0 Å². The van der Waals surface area contributed by atoms with Gasteiger partial charge in [0.25, 0.3) is 0 Å². The van der Waals surface area contributed by atoms with Crippen LogP contribution in [-0.2, 0) is 9.63 Å². The number of allylic oxidation sites excluding steroid dienone is 1. The van der Waals surface area contributed by atoms with E-state index in [1.54, 1.807) is 13.8 Å². The molecule has 82 valence electrons. The molecule has 1 heterocycles. The van der Waals surface area contributed by atoms with Crippen LogP contribution in [0.15, 0.2) is 21.8 Å². The van der Waals surface area contributed by atoms with Crippen molar-refractivity contribution in [2.24, 2.45) is 10.1 Å². The van der Waals surface area contributed by atoms with Crippen molar-refractivity contribution in [3.63, 3.8) is 0 Å². The molecule has 0 aromatic rings. The minimum atomic E-state index is -5.04. The van der Waals surface area contributed by atoms with Crippen molar-refractivity contribution in [2.75, 3.05) is 0 Å². The smallest absolute Gasteiger partial charge is 0.307 e. The summed E-state index contributed by atoms with van der Waals surface area (Å²) in [6.45, 7) is 3.38. The molecule has 0 aromatic carbocycles. The van der Waals surface area contributed by atoms with Crippen LogP contribution in [0, 0.1) is 0 Å². The number of halogens is 3. The van der Waals surface area contributed by atoms with Gasteiger partial charge in [-0.2, -0.15) is 13.2 Å². The molecule has 7 heteroatoms. The van der Waals surface area contributed by atoms with Crippen molar-refractivity contribution in [3.8, 4) is 0 Å². The van der Waals surface area contributed by atoms with Crippen LogP contribution in [0.1, 0.15) is 13.8 Å². The zero-order valence-electron chi connectivity index (χ0n) is 7.92. The molecule has 0 amide bonds. The molecule has 0 bridgehead atoms. The molecule has 1 aliphatic rings. The van der Waals surface area contributed by atoms with Crippen molar-refractivity contribution in [3.05, 3.63) is 11.6 Å². The molecular formula is C8H7F3N2O2. The van der Waals surface area contributed by atoms with Crippen LogP contribution >= 0.6 is 0 Å². The summed E-state index contributed by atoms with van der Waals surface area (Å²) in [7, 11) is 0. The number of carbonyl (C=O) groups excluding carboxylic acids is 1. The number of aliphatic imine (C=N–C) groups is 1. The van der Waals surface area contributed by atoms with E-state index in [-0.39, 0.29) is 5.84 Å². The van der Waals surface area contributed by atoms with Gasteiger partial charge >= 0.3 is 12.1 Å². The maximum Gasteiger partial charge on any atom is 0.493 e. The minimum absolute atomic E-state index is 0.0531. The lowest BCUT2D eigenvalue weighted by Crippen LogP contribution is -2.23. The molecule has 0 N–H and O–H groups in total. The van der Waals surface area contributed by atoms with Crippen LogP contribution in [0.5, 0.6) is 0 Å². The summed E-state index contributed by atoms with van der Waals surface area (Å²) in [6.07, 6.45) is -3.63. The zero-order valence-corrected chi connectivity index (χ0v) is 7.92. The van der Waals surface area contributed by atoms with Crippen LogP contribution < -0.4 is 0 Å². The van der Waals surface area contributed by atoms with E-state index in [1.165, 1.54) is 6.08 Å². The first-order valence-electron chi connectivity index (χ1n) is 3.91.